The number of hydrogen-bond donors (Lipinski definition) is 0. The Labute approximate surface area is 122 Å². The molecule has 0 bridgehead atoms. The lowest BCUT2D eigenvalue weighted by atomic mass is 10.3. The molecule has 1 aliphatic heterocycles. The van der Waals surface area contributed by atoms with Gasteiger partial charge in [-0.15, -0.1) is 0 Å². The molecule has 1 rings (SSSR count). The van der Waals surface area contributed by atoms with Crippen LogP contribution >= 0.6 is 0 Å². The Morgan fingerprint density at radius 1 is 0.800 bits per heavy atom. The maximum atomic E-state index is 5.53. The normalized spacial score (nSPS) is 16.6. The molecular weight excluding hydrogens is 262 g/mol. The highest BCUT2D eigenvalue weighted by atomic mass is 16.6. The molecule has 0 spiro atoms. The van der Waals surface area contributed by atoms with Crippen molar-refractivity contribution in [3.8, 4) is 0 Å². The van der Waals surface area contributed by atoms with Crippen molar-refractivity contribution < 1.29 is 23.7 Å². The predicted octanol–water partition coefficient (Wildman–Crippen LogP) is 0.405. The summed E-state index contributed by atoms with van der Waals surface area (Å²) in [6.07, 6.45) is 1.07. The molecule has 1 aliphatic rings. The molecule has 1 heterocycles. The van der Waals surface area contributed by atoms with Gasteiger partial charge in [-0.25, -0.2) is 0 Å². The monoisotopic (exact) mass is 291 g/mol. The zero-order valence-electron chi connectivity index (χ0n) is 12.7. The Balaban J connectivity index is 1.70. The second-order valence-corrected chi connectivity index (χ2v) is 4.64. The van der Waals surface area contributed by atoms with Crippen LogP contribution in [-0.2, 0) is 23.7 Å². The van der Waals surface area contributed by atoms with E-state index in [1.807, 2.05) is 0 Å². The molecule has 6 nitrogen and oxygen atoms in total. The van der Waals surface area contributed by atoms with Gasteiger partial charge < -0.3 is 23.7 Å². The third-order valence-corrected chi connectivity index (χ3v) is 3.04. The van der Waals surface area contributed by atoms with Crippen molar-refractivity contribution in [2.75, 3.05) is 86.2 Å². The highest BCUT2D eigenvalue weighted by molar-refractivity contribution is 4.61. The summed E-state index contributed by atoms with van der Waals surface area (Å²) in [6.45, 7) is 9.47. The number of rotatable bonds is 13. The minimum absolute atomic E-state index is 0.611. The molecule has 0 atom stereocenters. The first kappa shape index (κ1) is 17.8. The molecule has 0 aromatic heterocycles. The average Bonchev–Trinajstić information content (AvgIpc) is 2.49. The molecule has 0 amide bonds. The number of methoxy groups -OCH3 is 1. The van der Waals surface area contributed by atoms with Crippen LogP contribution in [0.15, 0.2) is 0 Å². The van der Waals surface area contributed by atoms with Crippen molar-refractivity contribution in [3.63, 3.8) is 0 Å². The van der Waals surface area contributed by atoms with Gasteiger partial charge in [0.05, 0.1) is 52.9 Å². The predicted molar refractivity (Wildman–Crippen MR) is 76.2 cm³/mol. The van der Waals surface area contributed by atoms with Crippen LogP contribution < -0.4 is 0 Å². The van der Waals surface area contributed by atoms with Gasteiger partial charge in [0.1, 0.15) is 0 Å². The van der Waals surface area contributed by atoms with Crippen LogP contribution in [0.1, 0.15) is 6.42 Å². The molecule has 0 aromatic rings. The minimum Gasteiger partial charge on any atom is -0.382 e. The Morgan fingerprint density at radius 2 is 1.35 bits per heavy atom. The lowest BCUT2D eigenvalue weighted by Crippen LogP contribution is -2.37. The van der Waals surface area contributed by atoms with E-state index in [-0.39, 0.29) is 0 Å². The lowest BCUT2D eigenvalue weighted by Gasteiger charge is -2.26. The van der Waals surface area contributed by atoms with Crippen molar-refractivity contribution in [2.45, 2.75) is 6.42 Å². The van der Waals surface area contributed by atoms with Crippen molar-refractivity contribution in [2.24, 2.45) is 0 Å². The number of ether oxygens (including phenoxy) is 5. The van der Waals surface area contributed by atoms with E-state index in [9.17, 15) is 0 Å². The molecule has 1 fully saturated rings. The SMILES string of the molecule is COCCOCCOCCOCCCN1CCOCC1. The smallest absolute Gasteiger partial charge is 0.0701 e. The Kier molecular flexibility index (Phi) is 12.2. The summed E-state index contributed by atoms with van der Waals surface area (Å²) in [5.74, 6) is 0. The molecule has 0 aliphatic carbocycles. The first-order valence-electron chi connectivity index (χ1n) is 7.46. The minimum atomic E-state index is 0.611. The maximum Gasteiger partial charge on any atom is 0.0701 e. The topological polar surface area (TPSA) is 49.4 Å². The van der Waals surface area contributed by atoms with E-state index in [2.05, 4.69) is 4.90 Å². The quantitative estimate of drug-likeness (QED) is 0.458. The lowest BCUT2D eigenvalue weighted by molar-refractivity contribution is 0.000382. The number of hydrogen-bond acceptors (Lipinski definition) is 6. The van der Waals surface area contributed by atoms with Gasteiger partial charge in [0.25, 0.3) is 0 Å². The fraction of sp³-hybridized carbons (Fsp3) is 1.00. The zero-order chi connectivity index (χ0) is 14.3. The summed E-state index contributed by atoms with van der Waals surface area (Å²) < 4.78 is 26.4. The van der Waals surface area contributed by atoms with Crippen LogP contribution in [0.5, 0.6) is 0 Å². The number of nitrogens with zero attached hydrogens (tertiary/aromatic N) is 1. The first-order valence-corrected chi connectivity index (χ1v) is 7.46. The molecule has 20 heavy (non-hydrogen) atoms. The summed E-state index contributed by atoms with van der Waals surface area (Å²) in [4.78, 5) is 2.42. The van der Waals surface area contributed by atoms with Crippen LogP contribution in [0.25, 0.3) is 0 Å². The molecule has 120 valence electrons. The third-order valence-electron chi connectivity index (χ3n) is 3.04. The van der Waals surface area contributed by atoms with Crippen LogP contribution in [0, 0.1) is 0 Å². The van der Waals surface area contributed by atoms with Gasteiger partial charge in [-0.2, -0.15) is 0 Å². The van der Waals surface area contributed by atoms with Crippen molar-refractivity contribution >= 4 is 0 Å². The van der Waals surface area contributed by atoms with E-state index in [0.29, 0.717) is 39.6 Å². The largest absolute Gasteiger partial charge is 0.382 e. The van der Waals surface area contributed by atoms with Crippen LogP contribution in [0.2, 0.25) is 0 Å². The van der Waals surface area contributed by atoms with Gasteiger partial charge in [0.15, 0.2) is 0 Å². The molecule has 0 saturated carbocycles. The summed E-state index contributed by atoms with van der Waals surface area (Å²) in [7, 11) is 1.66. The Morgan fingerprint density at radius 3 is 1.95 bits per heavy atom. The van der Waals surface area contributed by atoms with Crippen LogP contribution in [0.3, 0.4) is 0 Å². The highest BCUT2D eigenvalue weighted by Gasteiger charge is 2.08. The molecule has 0 aromatic carbocycles. The fourth-order valence-corrected chi connectivity index (χ4v) is 1.90. The summed E-state index contributed by atoms with van der Waals surface area (Å²) in [5.41, 5.74) is 0. The Hall–Kier alpha value is -0.240. The first-order chi connectivity index (χ1) is 9.93. The fourth-order valence-electron chi connectivity index (χ4n) is 1.90. The van der Waals surface area contributed by atoms with Gasteiger partial charge in [0.2, 0.25) is 0 Å². The van der Waals surface area contributed by atoms with Crippen molar-refractivity contribution in [3.05, 3.63) is 0 Å². The summed E-state index contributed by atoms with van der Waals surface area (Å²) in [6, 6.07) is 0. The van der Waals surface area contributed by atoms with Gasteiger partial charge in [-0.3, -0.25) is 4.90 Å². The molecule has 0 unspecified atom stereocenters. The average molecular weight is 291 g/mol. The van der Waals surface area contributed by atoms with E-state index in [1.165, 1.54) is 0 Å². The van der Waals surface area contributed by atoms with E-state index in [4.69, 9.17) is 23.7 Å². The molecular formula is C14H29NO5. The maximum absolute atomic E-state index is 5.53. The summed E-state index contributed by atoms with van der Waals surface area (Å²) >= 11 is 0. The number of morpholine rings is 1. The van der Waals surface area contributed by atoms with Crippen molar-refractivity contribution in [1.29, 1.82) is 0 Å². The third kappa shape index (κ3) is 10.5. The van der Waals surface area contributed by atoms with Crippen LogP contribution in [-0.4, -0.2) is 91.1 Å². The van der Waals surface area contributed by atoms with E-state index in [0.717, 1.165) is 45.9 Å². The second kappa shape index (κ2) is 13.7. The van der Waals surface area contributed by atoms with Crippen LogP contribution in [0.4, 0.5) is 0 Å². The van der Waals surface area contributed by atoms with E-state index < -0.39 is 0 Å². The summed E-state index contributed by atoms with van der Waals surface area (Å²) in [5, 5.41) is 0. The van der Waals surface area contributed by atoms with Gasteiger partial charge in [0, 0.05) is 33.4 Å². The molecule has 1 saturated heterocycles. The van der Waals surface area contributed by atoms with E-state index >= 15 is 0 Å². The second-order valence-electron chi connectivity index (χ2n) is 4.64. The Bertz CT molecular complexity index is 200. The molecule has 6 heteroatoms. The standard InChI is InChI=1S/C14H29NO5/c1-16-9-10-19-13-14-20-12-11-17-6-2-3-15-4-7-18-8-5-15/h2-14H2,1H3. The zero-order valence-corrected chi connectivity index (χ0v) is 12.7. The van der Waals surface area contributed by atoms with Gasteiger partial charge in [-0.05, 0) is 6.42 Å². The van der Waals surface area contributed by atoms with Gasteiger partial charge >= 0.3 is 0 Å². The molecule has 0 N–H and O–H groups in total. The highest BCUT2D eigenvalue weighted by Crippen LogP contribution is 1.98. The van der Waals surface area contributed by atoms with Gasteiger partial charge in [-0.1, -0.05) is 0 Å². The van der Waals surface area contributed by atoms with E-state index in [1.54, 1.807) is 7.11 Å². The van der Waals surface area contributed by atoms with Crippen molar-refractivity contribution in [1.82, 2.24) is 4.90 Å². The molecule has 0 radical (unpaired) electrons.